The Morgan fingerprint density at radius 3 is 2.71 bits per heavy atom. The number of ether oxygens (including phenoxy) is 1. The maximum atomic E-state index is 11.8. The fourth-order valence-electron chi connectivity index (χ4n) is 2.49. The number of benzene rings is 2. The zero-order chi connectivity index (χ0) is 19.5. The van der Waals surface area contributed by atoms with Gasteiger partial charge >= 0.3 is 5.63 Å². The highest BCUT2D eigenvalue weighted by atomic mass is 79.9. The smallest absolute Gasteiger partial charge is 0.336 e. The van der Waals surface area contributed by atoms with Crippen molar-refractivity contribution in [1.29, 1.82) is 0 Å². The molecule has 0 fully saturated rings. The Labute approximate surface area is 177 Å². The molecule has 4 aromatic rings. The molecule has 0 bridgehead atoms. The molecule has 4 rings (SSSR count). The third kappa shape index (κ3) is 4.57. The van der Waals surface area contributed by atoms with Crippen LogP contribution in [0.15, 0.2) is 71.9 Å². The van der Waals surface area contributed by atoms with E-state index in [1.54, 1.807) is 30.3 Å². The van der Waals surface area contributed by atoms with E-state index in [9.17, 15) is 4.79 Å². The summed E-state index contributed by atoms with van der Waals surface area (Å²) in [4.78, 5) is 11.8. The maximum Gasteiger partial charge on any atom is 0.336 e. The van der Waals surface area contributed by atoms with Crippen molar-refractivity contribution < 1.29 is 13.6 Å². The van der Waals surface area contributed by atoms with Crippen molar-refractivity contribution in [3.63, 3.8) is 0 Å². The van der Waals surface area contributed by atoms with Crippen LogP contribution in [0.5, 0.6) is 5.75 Å². The van der Waals surface area contributed by atoms with Crippen LogP contribution in [0.3, 0.4) is 0 Å². The molecule has 28 heavy (non-hydrogen) atoms. The molecule has 6 nitrogen and oxygen atoms in total. The van der Waals surface area contributed by atoms with E-state index >= 15 is 0 Å². The van der Waals surface area contributed by atoms with E-state index in [2.05, 4.69) is 26.1 Å². The molecular formula is C19H12BrClN2O4S. The van der Waals surface area contributed by atoms with Gasteiger partial charge in [0, 0.05) is 26.7 Å². The molecular weight excluding hydrogens is 468 g/mol. The molecule has 0 aliphatic carbocycles. The topological polar surface area (TPSA) is 78.4 Å². The van der Waals surface area contributed by atoms with Gasteiger partial charge in [-0.1, -0.05) is 39.3 Å². The summed E-state index contributed by atoms with van der Waals surface area (Å²) in [5, 5.41) is 9.88. The summed E-state index contributed by atoms with van der Waals surface area (Å²) in [5.74, 6) is 1.51. The summed E-state index contributed by atoms with van der Waals surface area (Å²) in [5.41, 5.74) is 0.963. The summed E-state index contributed by atoms with van der Waals surface area (Å²) < 4.78 is 17.3. The van der Waals surface area contributed by atoms with E-state index in [0.29, 0.717) is 33.2 Å². The van der Waals surface area contributed by atoms with Gasteiger partial charge in [-0.15, -0.1) is 10.2 Å². The number of fused-ring (bicyclic) bond motifs is 1. The lowest BCUT2D eigenvalue weighted by Crippen LogP contribution is -1.99. The second kappa shape index (κ2) is 8.38. The molecule has 0 atom stereocenters. The van der Waals surface area contributed by atoms with Gasteiger partial charge in [-0.25, -0.2) is 4.79 Å². The zero-order valence-corrected chi connectivity index (χ0v) is 17.4. The highest BCUT2D eigenvalue weighted by molar-refractivity contribution is 9.10. The number of nitrogens with zero attached hydrogens (tertiary/aromatic N) is 2. The molecule has 0 spiro atoms. The third-order valence-electron chi connectivity index (χ3n) is 3.77. The van der Waals surface area contributed by atoms with Gasteiger partial charge in [0.15, 0.2) is 6.61 Å². The van der Waals surface area contributed by atoms with Crippen LogP contribution < -0.4 is 10.4 Å². The molecule has 0 saturated carbocycles. The highest BCUT2D eigenvalue weighted by Crippen LogP contribution is 2.27. The summed E-state index contributed by atoms with van der Waals surface area (Å²) in [6.45, 7) is 0.154. The average Bonchev–Trinajstić information content (AvgIpc) is 3.13. The van der Waals surface area contributed by atoms with Crippen molar-refractivity contribution in [1.82, 2.24) is 10.2 Å². The number of hydrogen-bond acceptors (Lipinski definition) is 7. The number of aromatic nitrogens is 2. The van der Waals surface area contributed by atoms with Crippen molar-refractivity contribution in [3.05, 3.63) is 79.9 Å². The standard InChI is InChI=1S/C19H12BrClN2O4S/c20-12-1-6-15-11(7-18(24)26-16(15)8-12)10-28-19-23-22-17(27-19)9-25-14-4-2-13(21)3-5-14/h1-8H,9-10H2. The fourth-order valence-corrected chi connectivity index (χ4v) is 3.73. The minimum absolute atomic E-state index is 0.154. The normalized spacial score (nSPS) is 11.1. The third-order valence-corrected chi connectivity index (χ3v) is 5.38. The van der Waals surface area contributed by atoms with Crippen LogP contribution in [0, 0.1) is 0 Å². The van der Waals surface area contributed by atoms with Crippen LogP contribution >= 0.6 is 39.3 Å². The molecule has 0 aliphatic heterocycles. The molecule has 0 amide bonds. The maximum absolute atomic E-state index is 11.8. The molecule has 0 aliphatic rings. The number of rotatable bonds is 6. The number of halogens is 2. The van der Waals surface area contributed by atoms with Gasteiger partial charge in [0.25, 0.3) is 11.1 Å². The SMILES string of the molecule is O=c1cc(CSc2nnc(COc3ccc(Cl)cc3)o2)c2ccc(Br)cc2o1. The first-order valence-corrected chi connectivity index (χ1v) is 10.3. The molecule has 142 valence electrons. The Morgan fingerprint density at radius 2 is 1.89 bits per heavy atom. The molecule has 9 heteroatoms. The van der Waals surface area contributed by atoms with Gasteiger partial charge in [0.05, 0.1) is 0 Å². The molecule has 2 aromatic heterocycles. The van der Waals surface area contributed by atoms with Gasteiger partial charge in [0.2, 0.25) is 0 Å². The first-order chi connectivity index (χ1) is 13.6. The van der Waals surface area contributed by atoms with E-state index < -0.39 is 5.63 Å². The molecule has 2 aromatic carbocycles. The molecule has 0 saturated heterocycles. The van der Waals surface area contributed by atoms with Gasteiger partial charge in [0.1, 0.15) is 11.3 Å². The fraction of sp³-hybridized carbons (Fsp3) is 0.105. The molecule has 0 N–H and O–H groups in total. The van der Waals surface area contributed by atoms with Gasteiger partial charge in [-0.05, 0) is 48.0 Å². The largest absolute Gasteiger partial charge is 0.484 e. The van der Waals surface area contributed by atoms with Crippen LogP contribution in [0.1, 0.15) is 11.5 Å². The second-order valence-corrected chi connectivity index (χ2v) is 8.00. The lowest BCUT2D eigenvalue weighted by Gasteiger charge is -2.04. The van der Waals surface area contributed by atoms with E-state index in [1.165, 1.54) is 17.8 Å². The highest BCUT2D eigenvalue weighted by Gasteiger charge is 2.11. The Bertz CT molecular complexity index is 1180. The van der Waals surface area contributed by atoms with Gasteiger partial charge in [-0.3, -0.25) is 0 Å². The van der Waals surface area contributed by atoms with Crippen LogP contribution in [-0.2, 0) is 12.4 Å². The number of thioether (sulfide) groups is 1. The van der Waals surface area contributed by atoms with Crippen LogP contribution in [0.25, 0.3) is 11.0 Å². The quantitative estimate of drug-likeness (QED) is 0.268. The van der Waals surface area contributed by atoms with Crippen molar-refractivity contribution >= 4 is 50.3 Å². The first kappa shape index (κ1) is 19.0. The Hall–Kier alpha value is -2.29. The molecule has 0 radical (unpaired) electrons. The van der Waals surface area contributed by atoms with Crippen molar-refractivity contribution in [3.8, 4) is 5.75 Å². The predicted molar refractivity (Wildman–Crippen MR) is 110 cm³/mol. The zero-order valence-electron chi connectivity index (χ0n) is 14.2. The van der Waals surface area contributed by atoms with E-state index in [1.807, 2.05) is 12.1 Å². The van der Waals surface area contributed by atoms with E-state index in [0.717, 1.165) is 15.4 Å². The minimum atomic E-state index is -0.399. The number of hydrogen-bond donors (Lipinski definition) is 0. The van der Waals surface area contributed by atoms with Crippen LogP contribution in [-0.4, -0.2) is 10.2 Å². The summed E-state index contributed by atoms with van der Waals surface area (Å²) in [6.07, 6.45) is 0. The van der Waals surface area contributed by atoms with E-state index in [-0.39, 0.29) is 6.61 Å². The first-order valence-electron chi connectivity index (χ1n) is 8.13. The Balaban J connectivity index is 1.43. The monoisotopic (exact) mass is 478 g/mol. The average molecular weight is 480 g/mol. The van der Waals surface area contributed by atoms with Crippen molar-refractivity contribution in [2.75, 3.05) is 0 Å². The second-order valence-electron chi connectivity index (χ2n) is 5.72. The van der Waals surface area contributed by atoms with Gasteiger partial charge in [-0.2, -0.15) is 0 Å². The predicted octanol–water partition coefficient (Wildman–Crippen LogP) is 5.46. The van der Waals surface area contributed by atoms with Crippen molar-refractivity contribution in [2.24, 2.45) is 0 Å². The lowest BCUT2D eigenvalue weighted by atomic mass is 10.1. The Morgan fingerprint density at radius 1 is 1.07 bits per heavy atom. The summed E-state index contributed by atoms with van der Waals surface area (Å²) in [6, 6.07) is 14.1. The van der Waals surface area contributed by atoms with Crippen LogP contribution in [0.4, 0.5) is 0 Å². The van der Waals surface area contributed by atoms with Gasteiger partial charge < -0.3 is 13.6 Å². The molecule has 0 unspecified atom stereocenters. The van der Waals surface area contributed by atoms with Crippen molar-refractivity contribution in [2.45, 2.75) is 17.6 Å². The summed E-state index contributed by atoms with van der Waals surface area (Å²) >= 11 is 10.6. The lowest BCUT2D eigenvalue weighted by molar-refractivity contribution is 0.252. The minimum Gasteiger partial charge on any atom is -0.484 e. The van der Waals surface area contributed by atoms with Crippen LogP contribution in [0.2, 0.25) is 5.02 Å². The van der Waals surface area contributed by atoms with E-state index in [4.69, 9.17) is 25.2 Å². The summed E-state index contributed by atoms with van der Waals surface area (Å²) in [7, 11) is 0. The molecule has 2 heterocycles. The Kier molecular flexibility index (Phi) is 5.70.